The molecule has 0 bridgehead atoms. The summed E-state index contributed by atoms with van der Waals surface area (Å²) >= 11 is 0. The molecule has 1 aromatic heterocycles. The van der Waals surface area contributed by atoms with Gasteiger partial charge in [-0.1, -0.05) is 13.8 Å². The molecule has 2 rings (SSSR count). The molecule has 1 saturated heterocycles. The molecule has 0 saturated carbocycles. The predicted octanol–water partition coefficient (Wildman–Crippen LogP) is 2.25. The second kappa shape index (κ2) is 6.93. The van der Waals surface area contributed by atoms with Gasteiger partial charge in [0.15, 0.2) is 0 Å². The Morgan fingerprint density at radius 1 is 1.52 bits per heavy atom. The summed E-state index contributed by atoms with van der Waals surface area (Å²) in [6.45, 7) is 10.5. The van der Waals surface area contributed by atoms with Gasteiger partial charge in [0.2, 0.25) is 5.89 Å². The Morgan fingerprint density at radius 2 is 2.29 bits per heavy atom. The summed E-state index contributed by atoms with van der Waals surface area (Å²) in [5.74, 6) is 1.86. The molecule has 0 aliphatic carbocycles. The summed E-state index contributed by atoms with van der Waals surface area (Å²) in [7, 11) is 0. The Labute approximate surface area is 125 Å². The van der Waals surface area contributed by atoms with Gasteiger partial charge in [-0.25, -0.2) is 9.78 Å². The van der Waals surface area contributed by atoms with Crippen molar-refractivity contribution in [3.05, 3.63) is 17.3 Å². The van der Waals surface area contributed by atoms with Crippen molar-refractivity contribution in [1.29, 1.82) is 0 Å². The number of nitrogens with one attached hydrogen (secondary N) is 1. The highest BCUT2D eigenvalue weighted by Gasteiger charge is 2.27. The molecular weight excluding hydrogens is 270 g/mol. The van der Waals surface area contributed by atoms with Crippen molar-refractivity contribution in [2.24, 2.45) is 5.92 Å². The first-order valence-corrected chi connectivity index (χ1v) is 7.53. The van der Waals surface area contributed by atoms with Crippen molar-refractivity contribution in [2.45, 2.75) is 46.8 Å². The number of amides is 2. The molecule has 6 heteroatoms. The van der Waals surface area contributed by atoms with Gasteiger partial charge in [-0.15, -0.1) is 0 Å². The van der Waals surface area contributed by atoms with E-state index in [-0.39, 0.29) is 12.1 Å². The Kier molecular flexibility index (Phi) is 5.22. The monoisotopic (exact) mass is 295 g/mol. The molecule has 1 aliphatic rings. The molecule has 1 N–H and O–H groups in total. The summed E-state index contributed by atoms with van der Waals surface area (Å²) < 4.78 is 11.2. The number of carbonyl (C=O) groups excluding carboxylic acids is 1. The fourth-order valence-electron chi connectivity index (χ4n) is 2.26. The first kappa shape index (κ1) is 15.8. The number of aromatic nitrogens is 1. The maximum Gasteiger partial charge on any atom is 0.317 e. The average Bonchev–Trinajstić information content (AvgIpc) is 3.02. The molecular formula is C15H25N3O3. The quantitative estimate of drug-likeness (QED) is 0.904. The lowest BCUT2D eigenvalue weighted by atomic mass is 10.2. The van der Waals surface area contributed by atoms with Crippen LogP contribution in [0.5, 0.6) is 0 Å². The smallest absolute Gasteiger partial charge is 0.317 e. The standard InChI is InChI=1S/C15H25N3O3/c1-10(2)9-20-13-5-6-18(8-13)15(19)16-7-14-17-11(3)12(4)21-14/h10,13H,5-9H2,1-4H3,(H,16,19)/t13-/m0/s1. The molecule has 0 spiro atoms. The number of nitrogens with zero attached hydrogens (tertiary/aromatic N) is 2. The zero-order chi connectivity index (χ0) is 15.4. The van der Waals surface area contributed by atoms with Crippen molar-refractivity contribution in [3.63, 3.8) is 0 Å². The van der Waals surface area contributed by atoms with Crippen molar-refractivity contribution >= 4 is 6.03 Å². The number of rotatable bonds is 5. The lowest BCUT2D eigenvalue weighted by molar-refractivity contribution is 0.0436. The molecule has 2 amide bonds. The Morgan fingerprint density at radius 3 is 2.90 bits per heavy atom. The van der Waals surface area contributed by atoms with E-state index in [1.165, 1.54) is 0 Å². The molecule has 0 radical (unpaired) electrons. The fourth-order valence-corrected chi connectivity index (χ4v) is 2.26. The Balaban J connectivity index is 1.74. The van der Waals surface area contributed by atoms with Gasteiger partial charge in [-0.3, -0.25) is 0 Å². The van der Waals surface area contributed by atoms with Crippen molar-refractivity contribution < 1.29 is 13.9 Å². The molecule has 21 heavy (non-hydrogen) atoms. The second-order valence-corrected chi connectivity index (χ2v) is 5.99. The van der Waals surface area contributed by atoms with E-state index in [9.17, 15) is 4.79 Å². The largest absolute Gasteiger partial charge is 0.444 e. The number of urea groups is 1. The van der Waals surface area contributed by atoms with E-state index >= 15 is 0 Å². The van der Waals surface area contributed by atoms with Crippen LogP contribution < -0.4 is 5.32 Å². The third-order valence-electron chi connectivity index (χ3n) is 3.56. The zero-order valence-corrected chi connectivity index (χ0v) is 13.3. The minimum Gasteiger partial charge on any atom is -0.444 e. The molecule has 1 aromatic rings. The Hall–Kier alpha value is -1.56. The third kappa shape index (κ3) is 4.46. The first-order chi connectivity index (χ1) is 9.95. The number of hydrogen-bond acceptors (Lipinski definition) is 4. The third-order valence-corrected chi connectivity index (χ3v) is 3.56. The van der Waals surface area contributed by atoms with Crippen molar-refractivity contribution in [1.82, 2.24) is 15.2 Å². The Bertz CT molecular complexity index is 465. The average molecular weight is 295 g/mol. The van der Waals surface area contributed by atoms with Gasteiger partial charge >= 0.3 is 6.03 Å². The van der Waals surface area contributed by atoms with Gasteiger partial charge in [-0.2, -0.15) is 0 Å². The number of likely N-dealkylation sites (tertiary alicyclic amines) is 1. The van der Waals surface area contributed by atoms with Gasteiger partial charge in [0, 0.05) is 19.7 Å². The van der Waals surface area contributed by atoms with E-state index in [0.717, 1.165) is 31.0 Å². The number of aryl methyl sites for hydroxylation is 2. The van der Waals surface area contributed by atoms with Crippen LogP contribution in [0, 0.1) is 19.8 Å². The maximum absolute atomic E-state index is 12.1. The first-order valence-electron chi connectivity index (χ1n) is 7.53. The van der Waals surface area contributed by atoms with E-state index in [1.807, 2.05) is 13.8 Å². The van der Waals surface area contributed by atoms with E-state index < -0.39 is 0 Å². The predicted molar refractivity (Wildman–Crippen MR) is 79.0 cm³/mol. The van der Waals surface area contributed by atoms with Crippen LogP contribution in [0.2, 0.25) is 0 Å². The normalized spacial score (nSPS) is 18.5. The number of ether oxygens (including phenoxy) is 1. The van der Waals surface area contributed by atoms with Crippen LogP contribution in [0.1, 0.15) is 37.6 Å². The van der Waals surface area contributed by atoms with E-state index in [4.69, 9.17) is 9.15 Å². The summed E-state index contributed by atoms with van der Waals surface area (Å²) in [6, 6.07) is -0.0841. The van der Waals surface area contributed by atoms with E-state index in [0.29, 0.717) is 24.9 Å². The summed E-state index contributed by atoms with van der Waals surface area (Å²) in [4.78, 5) is 18.1. The minimum absolute atomic E-state index is 0.0841. The van der Waals surface area contributed by atoms with Crippen molar-refractivity contribution in [3.8, 4) is 0 Å². The summed E-state index contributed by atoms with van der Waals surface area (Å²) in [5.41, 5.74) is 0.863. The van der Waals surface area contributed by atoms with Crippen LogP contribution in [0.15, 0.2) is 4.42 Å². The zero-order valence-electron chi connectivity index (χ0n) is 13.3. The van der Waals surface area contributed by atoms with Crippen LogP contribution in [0.3, 0.4) is 0 Å². The van der Waals surface area contributed by atoms with Crippen LogP contribution in [-0.2, 0) is 11.3 Å². The molecule has 118 valence electrons. The lowest BCUT2D eigenvalue weighted by Gasteiger charge is -2.17. The number of hydrogen-bond donors (Lipinski definition) is 1. The minimum atomic E-state index is -0.0841. The highest BCUT2D eigenvalue weighted by molar-refractivity contribution is 5.74. The van der Waals surface area contributed by atoms with Gasteiger partial charge < -0.3 is 19.4 Å². The summed E-state index contributed by atoms with van der Waals surface area (Å²) in [5, 5.41) is 2.84. The molecule has 1 fully saturated rings. The molecule has 6 nitrogen and oxygen atoms in total. The molecule has 0 unspecified atom stereocenters. The van der Waals surface area contributed by atoms with E-state index in [2.05, 4.69) is 24.1 Å². The van der Waals surface area contributed by atoms with Crippen LogP contribution in [0.25, 0.3) is 0 Å². The van der Waals surface area contributed by atoms with Gasteiger partial charge in [-0.05, 0) is 26.2 Å². The van der Waals surface area contributed by atoms with E-state index in [1.54, 1.807) is 4.90 Å². The van der Waals surface area contributed by atoms with Gasteiger partial charge in [0.25, 0.3) is 0 Å². The second-order valence-electron chi connectivity index (χ2n) is 5.99. The molecule has 0 aromatic carbocycles. The molecule has 1 atom stereocenters. The van der Waals surface area contributed by atoms with Crippen LogP contribution in [0.4, 0.5) is 4.79 Å². The van der Waals surface area contributed by atoms with Crippen LogP contribution in [-0.4, -0.2) is 41.7 Å². The number of oxazole rings is 1. The van der Waals surface area contributed by atoms with Gasteiger partial charge in [0.05, 0.1) is 18.3 Å². The number of carbonyl (C=O) groups is 1. The highest BCUT2D eigenvalue weighted by atomic mass is 16.5. The van der Waals surface area contributed by atoms with Gasteiger partial charge in [0.1, 0.15) is 5.76 Å². The molecule has 2 heterocycles. The van der Waals surface area contributed by atoms with Crippen molar-refractivity contribution in [2.75, 3.05) is 19.7 Å². The topological polar surface area (TPSA) is 67.6 Å². The van der Waals surface area contributed by atoms with Crippen LogP contribution >= 0.6 is 0 Å². The summed E-state index contributed by atoms with van der Waals surface area (Å²) in [6.07, 6.45) is 1.06. The molecule has 1 aliphatic heterocycles. The fraction of sp³-hybridized carbons (Fsp3) is 0.733. The highest BCUT2D eigenvalue weighted by Crippen LogP contribution is 2.14. The maximum atomic E-state index is 12.1. The SMILES string of the molecule is Cc1nc(CNC(=O)N2CC[C@H](OCC(C)C)C2)oc1C. The lowest BCUT2D eigenvalue weighted by Crippen LogP contribution is -2.38.